The second-order valence-electron chi connectivity index (χ2n) is 9.94. The van der Waals surface area contributed by atoms with Crippen LogP contribution in [-0.4, -0.2) is 62.8 Å². The number of hydrogen-bond acceptors (Lipinski definition) is 5. The number of carbonyl (C=O) groups is 1. The first kappa shape index (κ1) is 25.2. The summed E-state index contributed by atoms with van der Waals surface area (Å²) in [5.74, 6) is 1.44. The van der Waals surface area contributed by atoms with Gasteiger partial charge in [-0.1, -0.05) is 24.3 Å². The molecule has 8 nitrogen and oxygen atoms in total. The number of piperidine rings is 1. The van der Waals surface area contributed by atoms with E-state index in [0.29, 0.717) is 26.0 Å². The van der Waals surface area contributed by atoms with Crippen LogP contribution in [-0.2, 0) is 22.5 Å². The maximum absolute atomic E-state index is 13.2. The number of methoxy groups -OCH3 is 1. The van der Waals surface area contributed by atoms with Crippen molar-refractivity contribution in [2.24, 2.45) is 5.73 Å². The van der Waals surface area contributed by atoms with Gasteiger partial charge in [0.1, 0.15) is 5.82 Å². The number of benzene rings is 2. The maximum atomic E-state index is 13.2. The fourth-order valence-electron chi connectivity index (χ4n) is 5.37. The minimum Gasteiger partial charge on any atom is -0.385 e. The summed E-state index contributed by atoms with van der Waals surface area (Å²) < 4.78 is 9.58. The molecule has 2 aromatic heterocycles. The average molecular weight is 501 g/mol. The molecule has 194 valence electrons. The lowest BCUT2D eigenvalue weighted by Gasteiger charge is -2.33. The van der Waals surface area contributed by atoms with E-state index >= 15 is 0 Å². The van der Waals surface area contributed by atoms with Gasteiger partial charge in [0, 0.05) is 69.8 Å². The van der Waals surface area contributed by atoms with Gasteiger partial charge >= 0.3 is 0 Å². The van der Waals surface area contributed by atoms with Gasteiger partial charge in [-0.05, 0) is 55.5 Å². The number of para-hydroxylation sites is 2. The van der Waals surface area contributed by atoms with E-state index in [9.17, 15) is 4.79 Å². The van der Waals surface area contributed by atoms with Gasteiger partial charge in [0.05, 0.1) is 17.4 Å². The Bertz CT molecular complexity index is 1300. The second-order valence-corrected chi connectivity index (χ2v) is 9.94. The van der Waals surface area contributed by atoms with Crippen LogP contribution in [0.4, 0.5) is 0 Å². The molecule has 2 aromatic carbocycles. The zero-order valence-electron chi connectivity index (χ0n) is 21.5. The molecule has 0 saturated carbocycles. The Morgan fingerprint density at radius 1 is 1.19 bits per heavy atom. The van der Waals surface area contributed by atoms with E-state index in [-0.39, 0.29) is 17.9 Å². The van der Waals surface area contributed by atoms with Crippen LogP contribution in [0.25, 0.3) is 16.7 Å². The maximum Gasteiger partial charge on any atom is 0.224 e. The molecule has 0 spiro atoms. The number of rotatable bonds is 10. The molecule has 2 atom stereocenters. The molecule has 0 aliphatic carbocycles. The van der Waals surface area contributed by atoms with E-state index in [0.717, 1.165) is 60.5 Å². The number of carbonyl (C=O) groups excluding carboxylic acids is 1. The van der Waals surface area contributed by atoms with Crippen molar-refractivity contribution in [3.05, 3.63) is 78.6 Å². The normalized spacial score (nSPS) is 16.8. The Hall–Kier alpha value is -3.49. The van der Waals surface area contributed by atoms with E-state index in [1.807, 2.05) is 21.7 Å². The number of hydrogen-bond donors (Lipinski definition) is 1. The second kappa shape index (κ2) is 11.7. The smallest absolute Gasteiger partial charge is 0.224 e. The zero-order valence-corrected chi connectivity index (χ0v) is 21.5. The van der Waals surface area contributed by atoms with Crippen LogP contribution in [0.1, 0.15) is 43.0 Å². The molecule has 0 radical (unpaired) electrons. The van der Waals surface area contributed by atoms with E-state index in [1.54, 1.807) is 19.6 Å². The van der Waals surface area contributed by atoms with Gasteiger partial charge in [0.2, 0.25) is 5.91 Å². The van der Waals surface area contributed by atoms with Crippen LogP contribution in [0, 0.1) is 0 Å². The number of fused-ring (bicyclic) bond motifs is 1. The molecule has 1 saturated heterocycles. The van der Waals surface area contributed by atoms with E-state index in [2.05, 4.69) is 52.0 Å². The molecule has 8 heteroatoms. The number of aromatic nitrogens is 4. The molecule has 5 rings (SSSR count). The summed E-state index contributed by atoms with van der Waals surface area (Å²) in [4.78, 5) is 24.3. The topological polar surface area (TPSA) is 91.2 Å². The largest absolute Gasteiger partial charge is 0.385 e. The van der Waals surface area contributed by atoms with E-state index in [1.165, 1.54) is 0 Å². The molecule has 1 aliphatic rings. The minimum absolute atomic E-state index is 0.134. The summed E-state index contributed by atoms with van der Waals surface area (Å²) in [5.41, 5.74) is 10.8. The van der Waals surface area contributed by atoms with Crippen molar-refractivity contribution in [2.75, 3.05) is 26.8 Å². The number of nitrogens with zero attached hydrogens (tertiary/aromatic N) is 5. The van der Waals surface area contributed by atoms with Gasteiger partial charge in [0.25, 0.3) is 0 Å². The number of likely N-dealkylation sites (tertiary alicyclic amines) is 1. The van der Waals surface area contributed by atoms with Crippen molar-refractivity contribution in [1.29, 1.82) is 0 Å². The van der Waals surface area contributed by atoms with Crippen LogP contribution in [0.3, 0.4) is 0 Å². The number of amides is 1. The van der Waals surface area contributed by atoms with Gasteiger partial charge in [-0.2, -0.15) is 0 Å². The molecule has 37 heavy (non-hydrogen) atoms. The number of ether oxygens (including phenoxy) is 1. The summed E-state index contributed by atoms with van der Waals surface area (Å²) in [6, 6.07) is 16.3. The summed E-state index contributed by atoms with van der Waals surface area (Å²) in [5, 5.41) is 0. The Labute approximate surface area is 218 Å². The predicted molar refractivity (Wildman–Crippen MR) is 145 cm³/mol. The molecule has 1 aliphatic heterocycles. The standard InChI is InChI=1S/C29H36N6O2/c1-37-17-5-15-35-27-8-3-2-7-26(27)32-29(35)23-6-4-14-33(20-23)28(36)19-24(30)18-22-9-11-25(12-10-22)34-16-13-31-21-34/h2-3,7-13,16,21,23-24H,4-6,14-15,17-20,30H2,1H3/t23-,24-/m1/s1. The van der Waals surface area contributed by atoms with Crippen molar-refractivity contribution in [2.45, 2.75) is 50.6 Å². The molecule has 0 unspecified atom stereocenters. The van der Waals surface area contributed by atoms with E-state index < -0.39 is 0 Å². The third-order valence-corrected chi connectivity index (χ3v) is 7.23. The lowest BCUT2D eigenvalue weighted by molar-refractivity contribution is -0.132. The quantitative estimate of drug-likeness (QED) is 0.333. The summed E-state index contributed by atoms with van der Waals surface area (Å²) in [6.45, 7) is 3.05. The van der Waals surface area contributed by atoms with E-state index in [4.69, 9.17) is 15.5 Å². The molecule has 1 amide bonds. The van der Waals surface area contributed by atoms with Crippen LogP contribution >= 0.6 is 0 Å². The third-order valence-electron chi connectivity index (χ3n) is 7.23. The molecule has 3 heterocycles. The summed E-state index contributed by atoms with van der Waals surface area (Å²) >= 11 is 0. The van der Waals surface area contributed by atoms with Crippen molar-refractivity contribution in [3.63, 3.8) is 0 Å². The van der Waals surface area contributed by atoms with Crippen LogP contribution < -0.4 is 5.73 Å². The lowest BCUT2D eigenvalue weighted by Crippen LogP contribution is -2.42. The van der Waals surface area contributed by atoms with Crippen LogP contribution in [0.5, 0.6) is 0 Å². The summed E-state index contributed by atoms with van der Waals surface area (Å²) in [7, 11) is 1.73. The number of aryl methyl sites for hydroxylation is 1. The van der Waals surface area contributed by atoms with Gasteiger partial charge in [0.15, 0.2) is 0 Å². The highest BCUT2D eigenvalue weighted by Crippen LogP contribution is 2.30. The molecule has 0 bridgehead atoms. The van der Waals surface area contributed by atoms with Gasteiger partial charge in [-0.25, -0.2) is 9.97 Å². The number of nitrogens with two attached hydrogens (primary N) is 1. The highest BCUT2D eigenvalue weighted by atomic mass is 16.5. The van der Waals surface area contributed by atoms with Crippen molar-refractivity contribution in [1.82, 2.24) is 24.0 Å². The first-order valence-corrected chi connectivity index (χ1v) is 13.2. The Morgan fingerprint density at radius 3 is 2.81 bits per heavy atom. The third kappa shape index (κ3) is 5.92. The zero-order chi connectivity index (χ0) is 25.6. The number of imidazole rings is 2. The monoisotopic (exact) mass is 500 g/mol. The van der Waals surface area contributed by atoms with Crippen LogP contribution in [0.2, 0.25) is 0 Å². The van der Waals surface area contributed by atoms with Gasteiger partial charge < -0.3 is 24.5 Å². The Morgan fingerprint density at radius 2 is 2.03 bits per heavy atom. The van der Waals surface area contributed by atoms with Crippen molar-refractivity contribution < 1.29 is 9.53 Å². The first-order chi connectivity index (χ1) is 18.1. The minimum atomic E-state index is -0.217. The lowest BCUT2D eigenvalue weighted by atomic mass is 9.96. The Kier molecular flexibility index (Phi) is 7.96. The highest BCUT2D eigenvalue weighted by Gasteiger charge is 2.29. The van der Waals surface area contributed by atoms with Gasteiger partial charge in [-0.3, -0.25) is 4.79 Å². The predicted octanol–water partition coefficient (Wildman–Crippen LogP) is 3.92. The fraction of sp³-hybridized carbons (Fsp3) is 0.414. The highest BCUT2D eigenvalue weighted by molar-refractivity contribution is 5.78. The van der Waals surface area contributed by atoms with Crippen molar-refractivity contribution in [3.8, 4) is 5.69 Å². The molecule has 4 aromatic rings. The van der Waals surface area contributed by atoms with Gasteiger partial charge in [-0.15, -0.1) is 0 Å². The first-order valence-electron chi connectivity index (χ1n) is 13.2. The molecule has 1 fully saturated rings. The average Bonchev–Trinajstić information content (AvgIpc) is 3.58. The SMILES string of the molecule is COCCCn1c([C@@H]2CCCN(C(=O)C[C@H](N)Cc3ccc(-n4ccnc4)cc3)C2)nc2ccccc21. The molecular weight excluding hydrogens is 464 g/mol. The molecule has 2 N–H and O–H groups in total. The summed E-state index contributed by atoms with van der Waals surface area (Å²) in [6.07, 6.45) is 9.41. The Balaban J connectivity index is 1.22. The van der Waals surface area contributed by atoms with Crippen LogP contribution in [0.15, 0.2) is 67.3 Å². The fourth-order valence-corrected chi connectivity index (χ4v) is 5.37. The molecular formula is C29H36N6O2. The van der Waals surface area contributed by atoms with Crippen molar-refractivity contribution >= 4 is 16.9 Å².